The van der Waals surface area contributed by atoms with Crippen molar-refractivity contribution in [3.63, 3.8) is 0 Å². The second-order valence-corrected chi connectivity index (χ2v) is 5.54. The van der Waals surface area contributed by atoms with Crippen LogP contribution in [0.1, 0.15) is 43.2 Å². The Balaban J connectivity index is 1.71. The van der Waals surface area contributed by atoms with Crippen molar-refractivity contribution in [3.8, 4) is 0 Å². The quantitative estimate of drug-likeness (QED) is 0.932. The summed E-state index contributed by atoms with van der Waals surface area (Å²) in [5, 5.41) is 10.2. The predicted molar refractivity (Wildman–Crippen MR) is 73.5 cm³/mol. The molecule has 1 unspecified atom stereocenters. The third-order valence-electron chi connectivity index (χ3n) is 3.63. The van der Waals surface area contributed by atoms with Gasteiger partial charge in [-0.05, 0) is 25.8 Å². The fourth-order valence-electron chi connectivity index (χ4n) is 2.07. The topological polar surface area (TPSA) is 77.6 Å². The number of hydrogen-bond acceptors (Lipinski definition) is 4. The first kappa shape index (κ1) is 15.5. The van der Waals surface area contributed by atoms with Crippen molar-refractivity contribution in [2.24, 2.45) is 7.05 Å². The molecule has 0 spiro atoms. The maximum atomic E-state index is 12.6. The van der Waals surface area contributed by atoms with Crippen LogP contribution in [0.2, 0.25) is 0 Å². The SMILES string of the molecule is CC(C(=O)Nc1nc(C2CC2)nn1C)n1ccc(C(F)(F)F)n1. The van der Waals surface area contributed by atoms with Gasteiger partial charge in [-0.3, -0.25) is 14.8 Å². The first-order chi connectivity index (χ1) is 10.8. The number of nitrogens with zero attached hydrogens (tertiary/aromatic N) is 5. The number of alkyl halides is 3. The molecule has 1 atom stereocenters. The van der Waals surface area contributed by atoms with E-state index in [2.05, 4.69) is 20.5 Å². The fourth-order valence-corrected chi connectivity index (χ4v) is 2.07. The summed E-state index contributed by atoms with van der Waals surface area (Å²) in [4.78, 5) is 16.4. The monoisotopic (exact) mass is 328 g/mol. The molecule has 1 fully saturated rings. The largest absolute Gasteiger partial charge is 0.435 e. The van der Waals surface area contributed by atoms with Crippen molar-refractivity contribution < 1.29 is 18.0 Å². The lowest BCUT2D eigenvalue weighted by molar-refractivity contribution is -0.141. The summed E-state index contributed by atoms with van der Waals surface area (Å²) in [5.74, 6) is 0.769. The van der Waals surface area contributed by atoms with E-state index in [1.807, 2.05) is 0 Å². The Bertz CT molecular complexity index is 730. The summed E-state index contributed by atoms with van der Waals surface area (Å²) in [6.45, 7) is 1.46. The molecule has 124 valence electrons. The van der Waals surface area contributed by atoms with Crippen LogP contribution in [-0.2, 0) is 18.0 Å². The summed E-state index contributed by atoms with van der Waals surface area (Å²) < 4.78 is 40.1. The van der Waals surface area contributed by atoms with Crippen molar-refractivity contribution in [2.45, 2.75) is 37.9 Å². The minimum atomic E-state index is -4.54. The summed E-state index contributed by atoms with van der Waals surface area (Å²) in [5.41, 5.74) is -1.04. The molecule has 0 aromatic carbocycles. The molecule has 23 heavy (non-hydrogen) atoms. The van der Waals surface area contributed by atoms with Gasteiger partial charge in [-0.25, -0.2) is 4.68 Å². The summed E-state index contributed by atoms with van der Waals surface area (Å²) in [6.07, 6.45) is -1.35. The number of nitrogens with one attached hydrogen (secondary N) is 1. The van der Waals surface area contributed by atoms with Gasteiger partial charge in [-0.1, -0.05) is 0 Å². The standard InChI is InChI=1S/C13H15F3N6O/c1-7(22-6-5-9(19-22)13(14,15)16)11(23)18-12-17-10(8-3-4-8)20-21(12)2/h5-8H,3-4H2,1-2H3,(H,17,18,20,23). The maximum Gasteiger partial charge on any atom is 0.435 e. The lowest BCUT2D eigenvalue weighted by Gasteiger charge is -2.12. The molecule has 1 amide bonds. The average Bonchev–Trinajstić information content (AvgIpc) is 3.07. The van der Waals surface area contributed by atoms with E-state index in [0.717, 1.165) is 29.8 Å². The van der Waals surface area contributed by atoms with E-state index >= 15 is 0 Å². The Labute approximate surface area is 129 Å². The van der Waals surface area contributed by atoms with Crippen LogP contribution in [0.25, 0.3) is 0 Å². The normalized spacial score (nSPS) is 16.4. The molecule has 1 aliphatic carbocycles. The van der Waals surface area contributed by atoms with Crippen molar-refractivity contribution in [1.29, 1.82) is 0 Å². The molecular formula is C13H15F3N6O. The zero-order chi connectivity index (χ0) is 16.8. The lowest BCUT2D eigenvalue weighted by Crippen LogP contribution is -2.26. The Kier molecular flexibility index (Phi) is 3.61. The number of aromatic nitrogens is 5. The molecule has 0 radical (unpaired) electrons. The predicted octanol–water partition coefficient (Wildman–Crippen LogP) is 2.11. The Morgan fingerprint density at radius 2 is 2.09 bits per heavy atom. The minimum Gasteiger partial charge on any atom is -0.293 e. The van der Waals surface area contributed by atoms with E-state index in [4.69, 9.17) is 0 Å². The van der Waals surface area contributed by atoms with Gasteiger partial charge in [0.25, 0.3) is 5.91 Å². The molecule has 1 N–H and O–H groups in total. The number of carbonyl (C=O) groups excluding carboxylic acids is 1. The molecule has 3 rings (SSSR count). The molecule has 7 nitrogen and oxygen atoms in total. The Hall–Kier alpha value is -2.39. The molecule has 0 aliphatic heterocycles. The van der Waals surface area contributed by atoms with Gasteiger partial charge in [0.2, 0.25) is 5.95 Å². The van der Waals surface area contributed by atoms with Gasteiger partial charge in [0.05, 0.1) is 0 Å². The van der Waals surface area contributed by atoms with Crippen molar-refractivity contribution >= 4 is 11.9 Å². The maximum absolute atomic E-state index is 12.6. The number of aryl methyl sites for hydroxylation is 1. The van der Waals surface area contributed by atoms with Crippen LogP contribution in [0.15, 0.2) is 12.3 Å². The van der Waals surface area contributed by atoms with Crippen LogP contribution < -0.4 is 5.32 Å². The fraction of sp³-hybridized carbons (Fsp3) is 0.538. The van der Waals surface area contributed by atoms with Crippen molar-refractivity contribution in [1.82, 2.24) is 24.5 Å². The van der Waals surface area contributed by atoms with Crippen LogP contribution in [0, 0.1) is 0 Å². The molecule has 1 aliphatic rings. The zero-order valence-electron chi connectivity index (χ0n) is 12.5. The van der Waals surface area contributed by atoms with Gasteiger partial charge in [0, 0.05) is 19.2 Å². The molecule has 10 heteroatoms. The number of amides is 1. The molecule has 1 saturated carbocycles. The average molecular weight is 328 g/mol. The van der Waals surface area contributed by atoms with E-state index in [0.29, 0.717) is 11.7 Å². The van der Waals surface area contributed by atoms with E-state index in [9.17, 15) is 18.0 Å². The second kappa shape index (κ2) is 5.36. The van der Waals surface area contributed by atoms with Crippen molar-refractivity contribution in [2.75, 3.05) is 5.32 Å². The smallest absolute Gasteiger partial charge is 0.293 e. The third kappa shape index (κ3) is 3.20. The molecule has 0 bridgehead atoms. The lowest BCUT2D eigenvalue weighted by atomic mass is 10.3. The molecule has 2 aromatic heterocycles. The number of rotatable bonds is 4. The van der Waals surface area contributed by atoms with Gasteiger partial charge >= 0.3 is 6.18 Å². The summed E-state index contributed by atoms with van der Waals surface area (Å²) in [6, 6.07) is -0.0794. The van der Waals surface area contributed by atoms with Crippen LogP contribution >= 0.6 is 0 Å². The summed E-state index contributed by atoms with van der Waals surface area (Å²) >= 11 is 0. The molecular weight excluding hydrogens is 313 g/mol. The van der Waals surface area contributed by atoms with Gasteiger partial charge in [0.15, 0.2) is 11.5 Å². The molecule has 0 saturated heterocycles. The zero-order valence-corrected chi connectivity index (χ0v) is 12.5. The number of carbonyl (C=O) groups is 1. The highest BCUT2D eigenvalue weighted by Crippen LogP contribution is 2.38. The van der Waals surface area contributed by atoms with Gasteiger partial charge in [-0.15, -0.1) is 0 Å². The first-order valence-corrected chi connectivity index (χ1v) is 7.10. The minimum absolute atomic E-state index is 0.270. The van der Waals surface area contributed by atoms with E-state index < -0.39 is 23.8 Å². The van der Waals surface area contributed by atoms with E-state index in [-0.39, 0.29) is 5.95 Å². The Morgan fingerprint density at radius 3 is 2.65 bits per heavy atom. The van der Waals surface area contributed by atoms with Gasteiger partial charge < -0.3 is 0 Å². The highest BCUT2D eigenvalue weighted by Gasteiger charge is 2.34. The first-order valence-electron chi connectivity index (χ1n) is 7.10. The van der Waals surface area contributed by atoms with Crippen LogP contribution in [0.5, 0.6) is 0 Å². The second-order valence-electron chi connectivity index (χ2n) is 5.54. The van der Waals surface area contributed by atoms with E-state index in [1.54, 1.807) is 7.05 Å². The highest BCUT2D eigenvalue weighted by atomic mass is 19.4. The highest BCUT2D eigenvalue weighted by molar-refractivity contribution is 5.91. The van der Waals surface area contributed by atoms with Crippen LogP contribution in [0.3, 0.4) is 0 Å². The number of halogens is 3. The van der Waals surface area contributed by atoms with Crippen molar-refractivity contribution in [3.05, 3.63) is 23.8 Å². The molecule has 2 heterocycles. The Morgan fingerprint density at radius 1 is 1.39 bits per heavy atom. The molecule has 2 aromatic rings. The van der Waals surface area contributed by atoms with Gasteiger partial charge in [-0.2, -0.15) is 28.4 Å². The summed E-state index contributed by atoms with van der Waals surface area (Å²) in [7, 11) is 1.65. The van der Waals surface area contributed by atoms with Gasteiger partial charge in [0.1, 0.15) is 6.04 Å². The number of hydrogen-bond donors (Lipinski definition) is 1. The van der Waals surface area contributed by atoms with Crippen LogP contribution in [-0.4, -0.2) is 30.5 Å². The van der Waals surface area contributed by atoms with E-state index in [1.165, 1.54) is 11.6 Å². The third-order valence-corrected chi connectivity index (χ3v) is 3.63. The number of anilines is 1. The van der Waals surface area contributed by atoms with Crippen LogP contribution in [0.4, 0.5) is 19.1 Å².